The first-order valence-electron chi connectivity index (χ1n) is 8.03. The predicted octanol–water partition coefficient (Wildman–Crippen LogP) is 3.48. The van der Waals surface area contributed by atoms with Gasteiger partial charge in [-0.2, -0.15) is 0 Å². The van der Waals surface area contributed by atoms with Crippen molar-refractivity contribution in [3.8, 4) is 5.75 Å². The van der Waals surface area contributed by atoms with E-state index < -0.39 is 11.6 Å². The van der Waals surface area contributed by atoms with Crippen LogP contribution in [0.25, 0.3) is 11.0 Å². The number of para-hydroxylation sites is 1. The molecule has 0 aliphatic rings. The first-order valence-corrected chi connectivity index (χ1v) is 8.03. The van der Waals surface area contributed by atoms with Crippen LogP contribution >= 0.6 is 0 Å². The fraction of sp³-hybridized carbons (Fsp3) is 0.150. The molecule has 0 bridgehead atoms. The average Bonchev–Trinajstić information content (AvgIpc) is 2.61. The van der Waals surface area contributed by atoms with Crippen LogP contribution in [0.15, 0.2) is 57.7 Å². The summed E-state index contributed by atoms with van der Waals surface area (Å²) < 4.78 is 10.3. The van der Waals surface area contributed by atoms with Crippen LogP contribution in [0.4, 0.5) is 0 Å². The second kappa shape index (κ2) is 6.84. The zero-order valence-electron chi connectivity index (χ0n) is 14.3. The zero-order chi connectivity index (χ0) is 18.8. The van der Waals surface area contributed by atoms with Crippen LogP contribution in [0.1, 0.15) is 35.3 Å². The first kappa shape index (κ1) is 17.4. The van der Waals surface area contributed by atoms with Gasteiger partial charge in [0.2, 0.25) is 0 Å². The van der Waals surface area contributed by atoms with Crippen molar-refractivity contribution >= 4 is 22.7 Å². The summed E-state index contributed by atoms with van der Waals surface area (Å²) in [6, 6.07) is 12.6. The second-order valence-electron chi connectivity index (χ2n) is 6.02. The van der Waals surface area contributed by atoms with Gasteiger partial charge in [0.05, 0.1) is 22.8 Å². The molecular formula is C20H17NO5. The van der Waals surface area contributed by atoms with E-state index in [1.807, 2.05) is 0 Å². The molecule has 0 aliphatic heterocycles. The summed E-state index contributed by atoms with van der Waals surface area (Å²) in [6.07, 6.45) is -0.236. The Kier molecular flexibility index (Phi) is 4.58. The van der Waals surface area contributed by atoms with Crippen LogP contribution in [0.3, 0.4) is 0 Å². The van der Waals surface area contributed by atoms with Crippen LogP contribution in [-0.4, -0.2) is 22.9 Å². The SMILES string of the molecule is CC(C)OC(=O)c1ccc(C(=N)c2c(O)c3ccccc3oc2=O)cc1. The molecule has 3 rings (SSSR count). The van der Waals surface area contributed by atoms with Crippen molar-refractivity contribution in [1.82, 2.24) is 0 Å². The van der Waals surface area contributed by atoms with E-state index in [-0.39, 0.29) is 28.7 Å². The molecule has 0 saturated heterocycles. The molecule has 1 heterocycles. The van der Waals surface area contributed by atoms with Crippen molar-refractivity contribution in [3.05, 3.63) is 75.6 Å². The number of carbonyl (C=O) groups excluding carboxylic acids is 1. The van der Waals surface area contributed by atoms with E-state index in [0.29, 0.717) is 16.5 Å². The Hall–Kier alpha value is -3.41. The molecule has 0 amide bonds. The highest BCUT2D eigenvalue weighted by Crippen LogP contribution is 2.27. The molecule has 2 aromatic carbocycles. The number of fused-ring (bicyclic) bond motifs is 1. The molecule has 26 heavy (non-hydrogen) atoms. The topological polar surface area (TPSA) is 101 Å². The van der Waals surface area contributed by atoms with E-state index in [0.717, 1.165) is 0 Å². The van der Waals surface area contributed by atoms with Crippen molar-refractivity contribution in [2.75, 3.05) is 0 Å². The Morgan fingerprint density at radius 2 is 1.69 bits per heavy atom. The smallest absolute Gasteiger partial charge is 0.349 e. The van der Waals surface area contributed by atoms with Gasteiger partial charge in [-0.15, -0.1) is 0 Å². The molecule has 3 aromatic rings. The van der Waals surface area contributed by atoms with E-state index >= 15 is 0 Å². The minimum atomic E-state index is -0.797. The molecule has 6 nitrogen and oxygen atoms in total. The summed E-state index contributed by atoms with van der Waals surface area (Å²) in [5.41, 5.74) is -0.256. The van der Waals surface area contributed by atoms with Gasteiger partial charge in [-0.05, 0) is 38.1 Å². The Morgan fingerprint density at radius 1 is 1.08 bits per heavy atom. The highest BCUT2D eigenvalue weighted by Gasteiger charge is 2.19. The fourth-order valence-corrected chi connectivity index (χ4v) is 2.55. The highest BCUT2D eigenvalue weighted by atomic mass is 16.5. The Morgan fingerprint density at radius 3 is 2.35 bits per heavy atom. The molecule has 0 atom stereocenters. The van der Waals surface area contributed by atoms with Crippen molar-refractivity contribution < 1.29 is 19.1 Å². The number of hydrogen-bond donors (Lipinski definition) is 2. The molecular weight excluding hydrogens is 334 g/mol. The second-order valence-corrected chi connectivity index (χ2v) is 6.02. The first-order chi connectivity index (χ1) is 12.4. The number of aromatic hydroxyl groups is 1. The maximum Gasteiger partial charge on any atom is 0.349 e. The summed E-state index contributed by atoms with van der Waals surface area (Å²) in [7, 11) is 0. The third-order valence-corrected chi connectivity index (χ3v) is 3.79. The van der Waals surface area contributed by atoms with Crippen molar-refractivity contribution in [2.24, 2.45) is 0 Å². The Bertz CT molecular complexity index is 1050. The van der Waals surface area contributed by atoms with Gasteiger partial charge in [0, 0.05) is 5.56 Å². The van der Waals surface area contributed by atoms with Gasteiger partial charge >= 0.3 is 11.6 Å². The van der Waals surface area contributed by atoms with Crippen LogP contribution in [-0.2, 0) is 4.74 Å². The number of nitrogens with one attached hydrogen (secondary N) is 1. The quantitative estimate of drug-likeness (QED) is 0.426. The third kappa shape index (κ3) is 3.21. The minimum Gasteiger partial charge on any atom is -0.506 e. The van der Waals surface area contributed by atoms with E-state index in [9.17, 15) is 14.7 Å². The lowest BCUT2D eigenvalue weighted by atomic mass is 10.0. The summed E-state index contributed by atoms with van der Waals surface area (Å²) in [4.78, 5) is 24.1. The lowest BCUT2D eigenvalue weighted by Gasteiger charge is -2.10. The fourth-order valence-electron chi connectivity index (χ4n) is 2.55. The summed E-state index contributed by atoms with van der Waals surface area (Å²) in [6.45, 7) is 3.51. The van der Waals surface area contributed by atoms with Crippen molar-refractivity contribution in [2.45, 2.75) is 20.0 Å². The van der Waals surface area contributed by atoms with Gasteiger partial charge in [-0.1, -0.05) is 24.3 Å². The largest absolute Gasteiger partial charge is 0.506 e. The molecule has 2 N–H and O–H groups in total. The summed E-state index contributed by atoms with van der Waals surface area (Å²) in [5, 5.41) is 19.1. The van der Waals surface area contributed by atoms with Crippen LogP contribution in [0.5, 0.6) is 5.75 Å². The standard InChI is InChI=1S/C20H17NO5/c1-11(2)25-19(23)13-9-7-12(8-10-13)17(21)16-18(22)14-5-3-4-6-15(14)26-20(16)24/h3-11,21-22H,1-2H3. The molecule has 0 aliphatic carbocycles. The van der Waals surface area contributed by atoms with Gasteiger partial charge in [-0.25, -0.2) is 9.59 Å². The number of benzene rings is 2. The van der Waals surface area contributed by atoms with Gasteiger partial charge in [0.15, 0.2) is 0 Å². The number of rotatable bonds is 4. The number of ether oxygens (including phenoxy) is 1. The summed E-state index contributed by atoms with van der Waals surface area (Å²) >= 11 is 0. The zero-order valence-corrected chi connectivity index (χ0v) is 14.3. The monoisotopic (exact) mass is 351 g/mol. The number of carbonyl (C=O) groups is 1. The molecule has 0 spiro atoms. The van der Waals surface area contributed by atoms with E-state index in [1.54, 1.807) is 38.1 Å². The van der Waals surface area contributed by atoms with Gasteiger partial charge in [0.25, 0.3) is 0 Å². The van der Waals surface area contributed by atoms with E-state index in [1.165, 1.54) is 24.3 Å². The summed E-state index contributed by atoms with van der Waals surface area (Å²) in [5.74, 6) is -0.767. The lowest BCUT2D eigenvalue weighted by molar-refractivity contribution is 0.0378. The van der Waals surface area contributed by atoms with Crippen LogP contribution in [0.2, 0.25) is 0 Å². The molecule has 0 saturated carbocycles. The normalized spacial score (nSPS) is 10.9. The highest BCUT2D eigenvalue weighted by molar-refractivity contribution is 6.14. The molecule has 6 heteroatoms. The number of esters is 1. The Balaban J connectivity index is 1.99. The minimum absolute atomic E-state index is 0.189. The lowest BCUT2D eigenvalue weighted by Crippen LogP contribution is -2.16. The number of hydrogen-bond acceptors (Lipinski definition) is 6. The molecule has 0 fully saturated rings. The Labute approximate surface area is 149 Å². The van der Waals surface area contributed by atoms with Gasteiger partial charge in [0.1, 0.15) is 16.9 Å². The molecule has 0 unspecified atom stereocenters. The third-order valence-electron chi connectivity index (χ3n) is 3.79. The molecule has 132 valence electrons. The van der Waals surface area contributed by atoms with Gasteiger partial charge < -0.3 is 14.3 Å². The van der Waals surface area contributed by atoms with E-state index in [4.69, 9.17) is 14.6 Å². The van der Waals surface area contributed by atoms with Crippen LogP contribution in [0, 0.1) is 5.41 Å². The predicted molar refractivity (Wildman–Crippen MR) is 97.1 cm³/mol. The molecule has 0 radical (unpaired) electrons. The van der Waals surface area contributed by atoms with E-state index in [2.05, 4.69) is 0 Å². The van der Waals surface area contributed by atoms with Crippen LogP contribution < -0.4 is 5.63 Å². The maximum atomic E-state index is 12.2. The molecule has 1 aromatic heterocycles. The van der Waals surface area contributed by atoms with Crippen molar-refractivity contribution in [1.29, 1.82) is 5.41 Å². The maximum absolute atomic E-state index is 12.2. The van der Waals surface area contributed by atoms with Gasteiger partial charge in [-0.3, -0.25) is 5.41 Å². The average molecular weight is 351 g/mol. The van der Waals surface area contributed by atoms with Crippen molar-refractivity contribution in [3.63, 3.8) is 0 Å².